The molecule has 4 aromatic rings. The van der Waals surface area contributed by atoms with Crippen molar-refractivity contribution >= 4 is 5.69 Å². The van der Waals surface area contributed by atoms with Crippen LogP contribution in [0.25, 0.3) is 11.5 Å². The van der Waals surface area contributed by atoms with Crippen LogP contribution >= 0.6 is 0 Å². The normalized spacial score (nSPS) is 13.3. The molecule has 4 heterocycles. The lowest BCUT2D eigenvalue weighted by molar-refractivity contribution is 0.568. The SMILES string of the molecule is Fc1ccccc1Cn1nc(-c2ncccn2)c2c1CCN(c1ccncc1)C2. The van der Waals surface area contributed by atoms with Crippen molar-refractivity contribution in [3.05, 3.63) is 89.9 Å². The van der Waals surface area contributed by atoms with Gasteiger partial charge in [0.25, 0.3) is 0 Å². The summed E-state index contributed by atoms with van der Waals surface area (Å²) in [7, 11) is 0. The molecule has 5 rings (SSSR count). The van der Waals surface area contributed by atoms with Gasteiger partial charge in [-0.2, -0.15) is 5.10 Å². The van der Waals surface area contributed by atoms with Gasteiger partial charge in [0.1, 0.15) is 11.5 Å². The number of hydrogen-bond donors (Lipinski definition) is 0. The van der Waals surface area contributed by atoms with E-state index >= 15 is 0 Å². The highest BCUT2D eigenvalue weighted by Crippen LogP contribution is 2.31. The Morgan fingerprint density at radius 2 is 1.72 bits per heavy atom. The molecule has 1 aromatic carbocycles. The summed E-state index contributed by atoms with van der Waals surface area (Å²) >= 11 is 0. The number of halogens is 1. The highest BCUT2D eigenvalue weighted by molar-refractivity contribution is 5.60. The molecule has 0 fully saturated rings. The molecule has 0 unspecified atom stereocenters. The van der Waals surface area contributed by atoms with Crippen LogP contribution in [0, 0.1) is 5.82 Å². The Kier molecular flexibility index (Phi) is 4.48. The highest BCUT2D eigenvalue weighted by atomic mass is 19.1. The average Bonchev–Trinajstić information content (AvgIpc) is 3.14. The molecule has 1 aliphatic heterocycles. The molecular weight excluding hydrogens is 367 g/mol. The third kappa shape index (κ3) is 3.35. The van der Waals surface area contributed by atoms with Crippen LogP contribution in [-0.2, 0) is 19.5 Å². The molecule has 0 spiro atoms. The van der Waals surface area contributed by atoms with Crippen LogP contribution in [0.2, 0.25) is 0 Å². The minimum atomic E-state index is -0.219. The molecule has 0 saturated heterocycles. The number of hydrogen-bond acceptors (Lipinski definition) is 5. The third-order valence-corrected chi connectivity index (χ3v) is 5.22. The van der Waals surface area contributed by atoms with Crippen molar-refractivity contribution in [1.29, 1.82) is 0 Å². The second kappa shape index (κ2) is 7.43. The summed E-state index contributed by atoms with van der Waals surface area (Å²) in [5.74, 6) is 0.371. The largest absolute Gasteiger partial charge is 0.367 e. The van der Waals surface area contributed by atoms with Gasteiger partial charge in [0.05, 0.1) is 6.54 Å². The van der Waals surface area contributed by atoms with Crippen LogP contribution in [0.15, 0.2) is 67.3 Å². The molecule has 3 aromatic heterocycles. The fourth-order valence-corrected chi connectivity index (χ4v) is 3.79. The first-order valence-corrected chi connectivity index (χ1v) is 9.54. The van der Waals surface area contributed by atoms with Gasteiger partial charge in [0.2, 0.25) is 0 Å². The van der Waals surface area contributed by atoms with Gasteiger partial charge in [-0.3, -0.25) is 9.67 Å². The van der Waals surface area contributed by atoms with E-state index in [0.717, 1.165) is 35.6 Å². The zero-order chi connectivity index (χ0) is 19.6. The van der Waals surface area contributed by atoms with E-state index in [-0.39, 0.29) is 5.82 Å². The van der Waals surface area contributed by atoms with Crippen molar-refractivity contribution in [1.82, 2.24) is 24.7 Å². The number of fused-ring (bicyclic) bond motifs is 1. The van der Waals surface area contributed by atoms with E-state index in [9.17, 15) is 4.39 Å². The molecule has 29 heavy (non-hydrogen) atoms. The van der Waals surface area contributed by atoms with Crippen LogP contribution in [0.4, 0.5) is 10.1 Å². The van der Waals surface area contributed by atoms with Crippen LogP contribution in [-0.4, -0.2) is 31.3 Å². The third-order valence-electron chi connectivity index (χ3n) is 5.22. The first-order valence-electron chi connectivity index (χ1n) is 9.54. The van der Waals surface area contributed by atoms with Gasteiger partial charge in [0, 0.05) is 66.8 Å². The summed E-state index contributed by atoms with van der Waals surface area (Å²) in [5.41, 5.74) is 4.70. The van der Waals surface area contributed by atoms with Gasteiger partial charge in [-0.15, -0.1) is 0 Å². The van der Waals surface area contributed by atoms with Crippen molar-refractivity contribution in [2.24, 2.45) is 0 Å². The van der Waals surface area contributed by atoms with Gasteiger partial charge in [-0.1, -0.05) is 18.2 Å². The quantitative estimate of drug-likeness (QED) is 0.537. The number of aromatic nitrogens is 5. The maximum absolute atomic E-state index is 14.2. The second-order valence-electron chi connectivity index (χ2n) is 6.97. The van der Waals surface area contributed by atoms with Gasteiger partial charge in [-0.05, 0) is 24.3 Å². The monoisotopic (exact) mass is 386 g/mol. The van der Waals surface area contributed by atoms with Crippen LogP contribution in [0.5, 0.6) is 0 Å². The van der Waals surface area contributed by atoms with E-state index in [1.807, 2.05) is 22.9 Å². The Labute approximate surface area is 167 Å². The molecule has 0 bridgehead atoms. The molecule has 6 nitrogen and oxygen atoms in total. The minimum Gasteiger partial charge on any atom is -0.367 e. The lowest BCUT2D eigenvalue weighted by Crippen LogP contribution is -2.31. The minimum absolute atomic E-state index is 0.219. The summed E-state index contributed by atoms with van der Waals surface area (Å²) < 4.78 is 16.1. The molecule has 1 aliphatic rings. The molecule has 0 N–H and O–H groups in total. The average molecular weight is 386 g/mol. The lowest BCUT2D eigenvalue weighted by atomic mass is 10.0. The first-order chi connectivity index (χ1) is 14.3. The maximum Gasteiger partial charge on any atom is 0.180 e. The predicted molar refractivity (Wildman–Crippen MR) is 108 cm³/mol. The Morgan fingerprint density at radius 1 is 0.931 bits per heavy atom. The Balaban J connectivity index is 1.57. The second-order valence-corrected chi connectivity index (χ2v) is 6.97. The van der Waals surface area contributed by atoms with E-state index in [1.165, 1.54) is 6.07 Å². The number of benzene rings is 1. The fourth-order valence-electron chi connectivity index (χ4n) is 3.79. The Morgan fingerprint density at radius 3 is 2.52 bits per heavy atom. The van der Waals surface area contributed by atoms with E-state index < -0.39 is 0 Å². The summed E-state index contributed by atoms with van der Waals surface area (Å²) in [4.78, 5) is 15.2. The highest BCUT2D eigenvalue weighted by Gasteiger charge is 2.27. The Bertz CT molecular complexity index is 1130. The summed E-state index contributed by atoms with van der Waals surface area (Å²) in [5, 5.41) is 4.81. The van der Waals surface area contributed by atoms with Gasteiger partial charge in [0.15, 0.2) is 5.82 Å². The predicted octanol–water partition coefficient (Wildman–Crippen LogP) is 3.49. The Hall–Kier alpha value is -3.61. The number of pyridine rings is 1. The van der Waals surface area contributed by atoms with E-state index in [4.69, 9.17) is 5.10 Å². The molecule has 0 amide bonds. The molecule has 0 atom stereocenters. The number of nitrogens with zero attached hydrogens (tertiary/aromatic N) is 6. The first kappa shape index (κ1) is 17.5. The van der Waals surface area contributed by atoms with Crippen molar-refractivity contribution in [3.63, 3.8) is 0 Å². The summed E-state index contributed by atoms with van der Waals surface area (Å²) in [6.45, 7) is 1.94. The smallest absolute Gasteiger partial charge is 0.180 e. The van der Waals surface area contributed by atoms with Crippen molar-refractivity contribution < 1.29 is 4.39 Å². The van der Waals surface area contributed by atoms with Crippen LogP contribution in [0.1, 0.15) is 16.8 Å². The fraction of sp³-hybridized carbons (Fsp3) is 0.182. The maximum atomic E-state index is 14.2. The molecular formula is C22H19FN6. The lowest BCUT2D eigenvalue weighted by Gasteiger charge is -2.29. The number of rotatable bonds is 4. The summed E-state index contributed by atoms with van der Waals surface area (Å²) in [6, 6.07) is 12.6. The standard InChI is InChI=1S/C22H19FN6/c23-19-5-2-1-4-16(19)14-29-20-8-13-28(17-6-11-24-12-7-17)15-18(20)21(27-29)22-25-9-3-10-26-22/h1-7,9-12H,8,13-15H2. The summed E-state index contributed by atoms with van der Waals surface area (Å²) in [6.07, 6.45) is 7.84. The molecule has 144 valence electrons. The van der Waals surface area contributed by atoms with Crippen LogP contribution < -0.4 is 4.90 Å². The molecule has 0 radical (unpaired) electrons. The molecule has 0 saturated carbocycles. The van der Waals surface area contributed by atoms with Crippen molar-refractivity contribution in [3.8, 4) is 11.5 Å². The van der Waals surface area contributed by atoms with Gasteiger partial charge < -0.3 is 4.90 Å². The van der Waals surface area contributed by atoms with E-state index in [0.29, 0.717) is 24.5 Å². The topological polar surface area (TPSA) is 59.7 Å². The zero-order valence-electron chi connectivity index (χ0n) is 15.7. The molecule has 7 heteroatoms. The van der Waals surface area contributed by atoms with Crippen LogP contribution in [0.3, 0.4) is 0 Å². The van der Waals surface area contributed by atoms with E-state index in [1.54, 1.807) is 43.0 Å². The zero-order valence-corrected chi connectivity index (χ0v) is 15.7. The molecule has 0 aliphatic carbocycles. The van der Waals surface area contributed by atoms with Gasteiger partial charge in [-0.25, -0.2) is 14.4 Å². The van der Waals surface area contributed by atoms with Crippen molar-refractivity contribution in [2.45, 2.75) is 19.5 Å². The van der Waals surface area contributed by atoms with Crippen molar-refractivity contribution in [2.75, 3.05) is 11.4 Å². The number of anilines is 1. The van der Waals surface area contributed by atoms with E-state index in [2.05, 4.69) is 19.9 Å². The van der Waals surface area contributed by atoms with Gasteiger partial charge >= 0.3 is 0 Å².